The van der Waals surface area contributed by atoms with Gasteiger partial charge in [0, 0.05) is 18.6 Å². The molecule has 0 spiro atoms. The highest BCUT2D eigenvalue weighted by atomic mass is 19.1. The number of nitrogens with two attached hydrogens (primary N) is 1. The number of carbonyl (C=O) groups is 1. The van der Waals surface area contributed by atoms with Crippen LogP contribution >= 0.6 is 0 Å². The molecule has 0 radical (unpaired) electrons. The number of amides is 1. The summed E-state index contributed by atoms with van der Waals surface area (Å²) < 4.78 is 19.2. The van der Waals surface area contributed by atoms with Gasteiger partial charge in [-0.1, -0.05) is 19.3 Å². The summed E-state index contributed by atoms with van der Waals surface area (Å²) >= 11 is 0. The SMILES string of the molecule is NCCOc1ccc(F)cc1C(=O)NCC1(N2CCCCC2)CCCC1. The van der Waals surface area contributed by atoms with Gasteiger partial charge < -0.3 is 15.8 Å². The van der Waals surface area contributed by atoms with Gasteiger partial charge in [-0.25, -0.2) is 4.39 Å². The topological polar surface area (TPSA) is 67.6 Å². The van der Waals surface area contributed by atoms with Crippen molar-refractivity contribution in [2.24, 2.45) is 5.73 Å². The molecular weight excluding hydrogens is 333 g/mol. The van der Waals surface area contributed by atoms with E-state index in [1.54, 1.807) is 0 Å². The highest BCUT2D eigenvalue weighted by molar-refractivity contribution is 5.97. The summed E-state index contributed by atoms with van der Waals surface area (Å²) in [5.41, 5.74) is 5.77. The normalized spacial score (nSPS) is 20.1. The second kappa shape index (κ2) is 8.82. The van der Waals surface area contributed by atoms with Gasteiger partial charge in [-0.15, -0.1) is 0 Å². The molecule has 26 heavy (non-hydrogen) atoms. The first kappa shape index (κ1) is 19.1. The summed E-state index contributed by atoms with van der Waals surface area (Å²) in [6, 6.07) is 4.04. The van der Waals surface area contributed by atoms with E-state index in [2.05, 4.69) is 10.2 Å². The number of benzene rings is 1. The van der Waals surface area contributed by atoms with Crippen LogP contribution in [0, 0.1) is 5.82 Å². The first-order valence-electron chi connectivity index (χ1n) is 9.80. The number of halogens is 1. The summed E-state index contributed by atoms with van der Waals surface area (Å²) in [6.45, 7) is 3.47. The lowest BCUT2D eigenvalue weighted by atomic mass is 9.92. The molecule has 1 amide bonds. The van der Waals surface area contributed by atoms with Gasteiger partial charge in [0.25, 0.3) is 5.91 Å². The summed E-state index contributed by atoms with van der Waals surface area (Å²) in [7, 11) is 0. The number of rotatable bonds is 7. The molecule has 0 unspecified atom stereocenters. The lowest BCUT2D eigenvalue weighted by Gasteiger charge is -2.43. The van der Waals surface area contributed by atoms with E-state index in [0.717, 1.165) is 25.9 Å². The van der Waals surface area contributed by atoms with Crippen LogP contribution in [0.4, 0.5) is 4.39 Å². The van der Waals surface area contributed by atoms with Crippen molar-refractivity contribution >= 4 is 5.91 Å². The standard InChI is InChI=1S/C20H30FN3O2/c21-16-6-7-18(26-13-10-22)17(14-16)19(25)23-15-20(8-2-3-9-20)24-11-4-1-5-12-24/h6-7,14H,1-5,8-13,15,22H2,(H,23,25). The minimum absolute atomic E-state index is 0.0572. The number of hydrogen-bond acceptors (Lipinski definition) is 4. The van der Waals surface area contributed by atoms with E-state index >= 15 is 0 Å². The van der Waals surface area contributed by atoms with Crippen molar-refractivity contribution in [3.63, 3.8) is 0 Å². The third-order valence-corrected chi connectivity index (χ3v) is 5.70. The molecule has 3 rings (SSSR count). The summed E-state index contributed by atoms with van der Waals surface area (Å²) in [6.07, 6.45) is 8.41. The van der Waals surface area contributed by atoms with Crippen LogP contribution in [0.1, 0.15) is 55.3 Å². The average Bonchev–Trinajstić information content (AvgIpc) is 3.16. The van der Waals surface area contributed by atoms with Crippen molar-refractivity contribution in [2.75, 3.05) is 32.8 Å². The lowest BCUT2D eigenvalue weighted by molar-refractivity contribution is 0.0641. The quantitative estimate of drug-likeness (QED) is 0.782. The number of ether oxygens (including phenoxy) is 1. The van der Waals surface area contributed by atoms with Gasteiger partial charge in [-0.05, 0) is 57.0 Å². The number of nitrogens with one attached hydrogen (secondary N) is 1. The Kier molecular flexibility index (Phi) is 6.48. The molecule has 1 heterocycles. The van der Waals surface area contributed by atoms with Crippen molar-refractivity contribution < 1.29 is 13.9 Å². The van der Waals surface area contributed by atoms with Gasteiger partial charge in [0.05, 0.1) is 5.56 Å². The Balaban J connectivity index is 1.70. The Morgan fingerprint density at radius 3 is 2.62 bits per heavy atom. The number of piperidine rings is 1. The fraction of sp³-hybridized carbons (Fsp3) is 0.650. The van der Waals surface area contributed by atoms with Crippen LogP contribution in [0.3, 0.4) is 0 Å². The van der Waals surface area contributed by atoms with E-state index < -0.39 is 5.82 Å². The first-order valence-corrected chi connectivity index (χ1v) is 9.80. The van der Waals surface area contributed by atoms with E-state index in [0.29, 0.717) is 25.4 Å². The van der Waals surface area contributed by atoms with Crippen LogP contribution in [-0.4, -0.2) is 49.1 Å². The van der Waals surface area contributed by atoms with Gasteiger partial charge in [0.2, 0.25) is 0 Å². The molecule has 6 heteroatoms. The van der Waals surface area contributed by atoms with Crippen LogP contribution in [-0.2, 0) is 0 Å². The zero-order valence-corrected chi connectivity index (χ0v) is 15.4. The van der Waals surface area contributed by atoms with Gasteiger partial charge >= 0.3 is 0 Å². The molecule has 0 bridgehead atoms. The van der Waals surface area contributed by atoms with Crippen molar-refractivity contribution in [2.45, 2.75) is 50.5 Å². The largest absolute Gasteiger partial charge is 0.491 e. The number of carbonyl (C=O) groups excluding carboxylic acids is 1. The zero-order chi connectivity index (χ0) is 18.4. The van der Waals surface area contributed by atoms with Crippen molar-refractivity contribution in [3.05, 3.63) is 29.6 Å². The molecule has 1 aromatic carbocycles. The molecule has 3 N–H and O–H groups in total. The van der Waals surface area contributed by atoms with E-state index in [-0.39, 0.29) is 17.0 Å². The fourth-order valence-electron chi connectivity index (χ4n) is 4.32. The molecular formula is C20H30FN3O2. The number of nitrogens with zero attached hydrogens (tertiary/aromatic N) is 1. The van der Waals surface area contributed by atoms with E-state index in [1.165, 1.54) is 50.3 Å². The van der Waals surface area contributed by atoms with E-state index in [4.69, 9.17) is 10.5 Å². The third-order valence-electron chi connectivity index (χ3n) is 5.70. The summed E-state index contributed by atoms with van der Waals surface area (Å²) in [4.78, 5) is 15.3. The van der Waals surface area contributed by atoms with Crippen molar-refractivity contribution in [1.29, 1.82) is 0 Å². The minimum atomic E-state index is -0.443. The smallest absolute Gasteiger partial charge is 0.255 e. The monoisotopic (exact) mass is 363 g/mol. The van der Waals surface area contributed by atoms with E-state index in [9.17, 15) is 9.18 Å². The molecule has 0 atom stereocenters. The maximum atomic E-state index is 13.7. The second-order valence-electron chi connectivity index (χ2n) is 7.44. The van der Waals surface area contributed by atoms with Crippen LogP contribution < -0.4 is 15.8 Å². The van der Waals surface area contributed by atoms with Crippen molar-refractivity contribution in [1.82, 2.24) is 10.2 Å². The third kappa shape index (κ3) is 4.35. The van der Waals surface area contributed by atoms with Crippen LogP contribution in [0.25, 0.3) is 0 Å². The minimum Gasteiger partial charge on any atom is -0.491 e. The van der Waals surface area contributed by atoms with Crippen LogP contribution in [0.15, 0.2) is 18.2 Å². The zero-order valence-electron chi connectivity index (χ0n) is 15.4. The molecule has 1 aliphatic carbocycles. The fourth-order valence-corrected chi connectivity index (χ4v) is 4.32. The second-order valence-corrected chi connectivity index (χ2v) is 7.44. The van der Waals surface area contributed by atoms with Gasteiger partial charge in [0.1, 0.15) is 18.2 Å². The number of likely N-dealkylation sites (tertiary alicyclic amines) is 1. The Labute approximate surface area is 155 Å². The molecule has 1 saturated carbocycles. The van der Waals surface area contributed by atoms with Crippen LogP contribution in [0.2, 0.25) is 0 Å². The molecule has 1 aliphatic heterocycles. The molecule has 144 valence electrons. The summed E-state index contributed by atoms with van der Waals surface area (Å²) in [5, 5.41) is 3.06. The Morgan fingerprint density at radius 1 is 1.19 bits per heavy atom. The molecule has 1 saturated heterocycles. The van der Waals surface area contributed by atoms with Crippen LogP contribution in [0.5, 0.6) is 5.75 Å². The lowest BCUT2D eigenvalue weighted by Crippen LogP contribution is -2.55. The Hall–Kier alpha value is -1.66. The first-order chi connectivity index (χ1) is 12.6. The molecule has 2 fully saturated rings. The number of hydrogen-bond donors (Lipinski definition) is 2. The van der Waals surface area contributed by atoms with Gasteiger partial charge in [-0.2, -0.15) is 0 Å². The van der Waals surface area contributed by atoms with Crippen molar-refractivity contribution in [3.8, 4) is 5.75 Å². The summed E-state index contributed by atoms with van der Waals surface area (Å²) in [5.74, 6) is -0.338. The highest BCUT2D eigenvalue weighted by Gasteiger charge is 2.40. The molecule has 0 aromatic heterocycles. The average molecular weight is 363 g/mol. The Morgan fingerprint density at radius 2 is 1.92 bits per heavy atom. The highest BCUT2D eigenvalue weighted by Crippen LogP contribution is 2.36. The molecule has 1 aromatic rings. The predicted octanol–water partition coefficient (Wildman–Crippen LogP) is 2.69. The maximum absolute atomic E-state index is 13.7. The van der Waals surface area contributed by atoms with E-state index in [1.807, 2.05) is 0 Å². The molecule has 5 nitrogen and oxygen atoms in total. The van der Waals surface area contributed by atoms with Gasteiger partial charge in [-0.3, -0.25) is 9.69 Å². The maximum Gasteiger partial charge on any atom is 0.255 e. The van der Waals surface area contributed by atoms with Gasteiger partial charge in [0.15, 0.2) is 0 Å². The predicted molar refractivity (Wildman–Crippen MR) is 99.9 cm³/mol. The molecule has 2 aliphatic rings. The Bertz CT molecular complexity index is 611.